The van der Waals surface area contributed by atoms with Crippen LogP contribution in [0.15, 0.2) is 60.9 Å². The minimum Gasteiger partial charge on any atom is -0.497 e. The number of nitrogens with one attached hydrogen (secondary N) is 1. The molecule has 3 aromatic rings. The van der Waals surface area contributed by atoms with E-state index in [0.717, 1.165) is 5.69 Å². The Bertz CT molecular complexity index is 1060. The molecule has 1 aromatic heterocycles. The van der Waals surface area contributed by atoms with Gasteiger partial charge in [0.15, 0.2) is 0 Å². The fourth-order valence-electron chi connectivity index (χ4n) is 3.52. The molecular weight excluding hydrogens is 384 g/mol. The van der Waals surface area contributed by atoms with Gasteiger partial charge in [0.05, 0.1) is 31.5 Å². The Kier molecular flexibility index (Phi) is 5.38. The Labute approximate surface area is 174 Å². The molecular formula is C22H22N4O4. The van der Waals surface area contributed by atoms with Crippen LogP contribution >= 0.6 is 0 Å². The topological polar surface area (TPSA) is 85.7 Å². The third-order valence-electron chi connectivity index (χ3n) is 5.06. The minimum absolute atomic E-state index is 0.121. The van der Waals surface area contributed by atoms with Crippen LogP contribution in [0.25, 0.3) is 5.69 Å². The molecule has 0 aliphatic carbocycles. The van der Waals surface area contributed by atoms with Crippen LogP contribution in [0.1, 0.15) is 6.42 Å². The highest BCUT2D eigenvalue weighted by molar-refractivity contribution is 6.04. The van der Waals surface area contributed by atoms with Crippen molar-refractivity contribution in [3.05, 3.63) is 60.9 Å². The molecule has 8 heteroatoms. The Hall–Kier alpha value is -3.81. The molecule has 1 N–H and O–H groups in total. The van der Waals surface area contributed by atoms with Gasteiger partial charge in [-0.15, -0.1) is 0 Å². The molecule has 30 heavy (non-hydrogen) atoms. The standard InChI is InChI=1S/C22H22N4O4/c1-29-18-7-8-19(20(13-18)30-2)25-14-15(11-21(25)27)22(28)24-16-5-3-6-17(12-16)26-10-4-9-23-26/h3-10,12-13,15H,11,14H2,1-2H3,(H,24,28)/t15-/m1/s1. The summed E-state index contributed by atoms with van der Waals surface area (Å²) in [5, 5.41) is 7.11. The summed E-state index contributed by atoms with van der Waals surface area (Å²) < 4.78 is 12.3. The van der Waals surface area contributed by atoms with Crippen LogP contribution < -0.4 is 19.7 Å². The van der Waals surface area contributed by atoms with E-state index in [2.05, 4.69) is 10.4 Å². The molecule has 1 saturated heterocycles. The lowest BCUT2D eigenvalue weighted by molar-refractivity contribution is -0.122. The van der Waals surface area contributed by atoms with Gasteiger partial charge < -0.3 is 19.7 Å². The van der Waals surface area contributed by atoms with Crippen molar-refractivity contribution in [3.8, 4) is 17.2 Å². The number of methoxy groups -OCH3 is 2. The monoisotopic (exact) mass is 406 g/mol. The molecule has 1 aliphatic heterocycles. The van der Waals surface area contributed by atoms with E-state index in [-0.39, 0.29) is 24.8 Å². The number of amides is 2. The zero-order chi connectivity index (χ0) is 21.1. The number of carbonyl (C=O) groups is 2. The van der Waals surface area contributed by atoms with Gasteiger partial charge >= 0.3 is 0 Å². The van der Waals surface area contributed by atoms with Crippen molar-refractivity contribution in [1.29, 1.82) is 0 Å². The smallest absolute Gasteiger partial charge is 0.229 e. The van der Waals surface area contributed by atoms with Crippen LogP contribution in [0.2, 0.25) is 0 Å². The maximum Gasteiger partial charge on any atom is 0.229 e. The molecule has 0 radical (unpaired) electrons. The van der Waals surface area contributed by atoms with Gasteiger partial charge in [-0.05, 0) is 36.4 Å². The number of benzene rings is 2. The highest BCUT2D eigenvalue weighted by atomic mass is 16.5. The molecule has 1 fully saturated rings. The van der Waals surface area contributed by atoms with Gasteiger partial charge in [0.2, 0.25) is 11.8 Å². The summed E-state index contributed by atoms with van der Waals surface area (Å²) in [7, 11) is 3.10. The number of carbonyl (C=O) groups excluding carboxylic acids is 2. The van der Waals surface area contributed by atoms with E-state index in [1.165, 1.54) is 7.11 Å². The van der Waals surface area contributed by atoms with Crippen LogP contribution in [-0.2, 0) is 9.59 Å². The fraction of sp³-hybridized carbons (Fsp3) is 0.227. The number of hydrogen-bond acceptors (Lipinski definition) is 5. The summed E-state index contributed by atoms with van der Waals surface area (Å²) in [5.41, 5.74) is 2.12. The van der Waals surface area contributed by atoms with Crippen LogP contribution in [0.4, 0.5) is 11.4 Å². The van der Waals surface area contributed by atoms with Crippen LogP contribution in [0.3, 0.4) is 0 Å². The fourth-order valence-corrected chi connectivity index (χ4v) is 3.52. The van der Waals surface area contributed by atoms with Gasteiger partial charge in [-0.2, -0.15) is 5.10 Å². The summed E-state index contributed by atoms with van der Waals surface area (Å²) in [4.78, 5) is 27.0. The number of ether oxygens (including phenoxy) is 2. The first-order valence-corrected chi connectivity index (χ1v) is 9.52. The number of anilines is 2. The summed E-state index contributed by atoms with van der Waals surface area (Å²) in [6.45, 7) is 0.284. The van der Waals surface area contributed by atoms with Gasteiger partial charge in [0.1, 0.15) is 11.5 Å². The maximum absolute atomic E-state index is 12.8. The number of rotatable bonds is 6. The largest absolute Gasteiger partial charge is 0.497 e. The van der Waals surface area contributed by atoms with Crippen LogP contribution in [0.5, 0.6) is 11.5 Å². The van der Waals surface area contributed by atoms with Crippen molar-refractivity contribution in [2.45, 2.75) is 6.42 Å². The third-order valence-corrected chi connectivity index (χ3v) is 5.06. The van der Waals surface area contributed by atoms with E-state index in [4.69, 9.17) is 9.47 Å². The molecule has 1 aliphatic rings. The quantitative estimate of drug-likeness (QED) is 0.680. The molecule has 1 atom stereocenters. The molecule has 0 spiro atoms. The lowest BCUT2D eigenvalue weighted by Gasteiger charge is -2.20. The van der Waals surface area contributed by atoms with Crippen molar-refractivity contribution in [2.75, 3.05) is 31.0 Å². The van der Waals surface area contributed by atoms with Crippen LogP contribution in [-0.4, -0.2) is 42.4 Å². The second-order valence-electron chi connectivity index (χ2n) is 6.93. The molecule has 0 bridgehead atoms. The first-order chi connectivity index (χ1) is 14.6. The first-order valence-electron chi connectivity index (χ1n) is 9.52. The van der Waals surface area contributed by atoms with E-state index in [1.54, 1.807) is 41.1 Å². The Morgan fingerprint density at radius 3 is 2.73 bits per heavy atom. The van der Waals surface area contributed by atoms with Crippen molar-refractivity contribution >= 4 is 23.2 Å². The van der Waals surface area contributed by atoms with Gasteiger partial charge in [-0.25, -0.2) is 4.68 Å². The van der Waals surface area contributed by atoms with Crippen molar-refractivity contribution in [1.82, 2.24) is 9.78 Å². The third kappa shape index (κ3) is 3.84. The van der Waals surface area contributed by atoms with E-state index < -0.39 is 5.92 Å². The Morgan fingerprint density at radius 1 is 1.13 bits per heavy atom. The van der Waals surface area contributed by atoms with E-state index in [9.17, 15) is 9.59 Å². The molecule has 0 unspecified atom stereocenters. The molecule has 2 heterocycles. The summed E-state index contributed by atoms with van der Waals surface area (Å²) in [6, 6.07) is 14.5. The normalized spacial score (nSPS) is 15.9. The maximum atomic E-state index is 12.8. The van der Waals surface area contributed by atoms with Crippen molar-refractivity contribution in [3.63, 3.8) is 0 Å². The summed E-state index contributed by atoms with van der Waals surface area (Å²) >= 11 is 0. The Balaban J connectivity index is 1.48. The molecule has 2 amide bonds. The van der Waals surface area contributed by atoms with Crippen molar-refractivity contribution in [2.24, 2.45) is 5.92 Å². The highest BCUT2D eigenvalue weighted by Crippen LogP contribution is 2.36. The van der Waals surface area contributed by atoms with Gasteiger partial charge in [-0.3, -0.25) is 9.59 Å². The zero-order valence-electron chi connectivity index (χ0n) is 16.7. The summed E-state index contributed by atoms with van der Waals surface area (Å²) in [6.07, 6.45) is 3.66. The molecule has 154 valence electrons. The van der Waals surface area contributed by atoms with E-state index in [1.807, 2.05) is 36.5 Å². The molecule has 8 nitrogen and oxygen atoms in total. The average Bonchev–Trinajstić information content (AvgIpc) is 3.43. The van der Waals surface area contributed by atoms with Crippen molar-refractivity contribution < 1.29 is 19.1 Å². The number of aromatic nitrogens is 2. The minimum atomic E-state index is -0.460. The van der Waals surface area contributed by atoms with E-state index >= 15 is 0 Å². The molecule has 0 saturated carbocycles. The SMILES string of the molecule is COc1ccc(N2C[C@H](C(=O)Nc3cccc(-n4cccn4)c3)CC2=O)c(OC)c1. The van der Waals surface area contributed by atoms with Gasteiger partial charge in [0, 0.05) is 37.1 Å². The molecule has 2 aromatic carbocycles. The summed E-state index contributed by atoms with van der Waals surface area (Å²) in [5.74, 6) is 0.377. The average molecular weight is 406 g/mol. The van der Waals surface area contributed by atoms with Gasteiger partial charge in [-0.1, -0.05) is 6.07 Å². The number of nitrogens with zero attached hydrogens (tertiary/aromatic N) is 3. The molecule has 4 rings (SSSR count). The lowest BCUT2D eigenvalue weighted by Crippen LogP contribution is -2.28. The van der Waals surface area contributed by atoms with E-state index in [0.29, 0.717) is 22.9 Å². The first kappa shape index (κ1) is 19.5. The van der Waals surface area contributed by atoms with Crippen LogP contribution in [0, 0.1) is 5.92 Å². The second kappa shape index (κ2) is 8.28. The lowest BCUT2D eigenvalue weighted by atomic mass is 10.1. The predicted octanol–water partition coefficient (Wildman–Crippen LogP) is 2.88. The second-order valence-corrected chi connectivity index (χ2v) is 6.93. The number of hydrogen-bond donors (Lipinski definition) is 1. The predicted molar refractivity (Wildman–Crippen MR) is 112 cm³/mol. The zero-order valence-corrected chi connectivity index (χ0v) is 16.7. The Morgan fingerprint density at radius 2 is 2.00 bits per heavy atom. The van der Waals surface area contributed by atoms with Gasteiger partial charge in [0.25, 0.3) is 0 Å². The highest BCUT2D eigenvalue weighted by Gasteiger charge is 2.36.